The van der Waals surface area contributed by atoms with Crippen molar-refractivity contribution < 1.29 is 13.2 Å². The third kappa shape index (κ3) is 2.29. The summed E-state index contributed by atoms with van der Waals surface area (Å²) in [6.45, 7) is 0. The maximum absolute atomic E-state index is 12.7. The molecule has 0 spiro atoms. The predicted octanol–water partition coefficient (Wildman–Crippen LogP) is 3.76. The summed E-state index contributed by atoms with van der Waals surface area (Å²) in [6, 6.07) is 3.75. The van der Waals surface area contributed by atoms with Crippen LogP contribution in [0, 0.1) is 0 Å². The second-order valence-corrected chi connectivity index (χ2v) is 3.96. The monoisotopic (exact) mass is 260 g/mol. The first kappa shape index (κ1) is 12.0. The summed E-state index contributed by atoms with van der Waals surface area (Å²) in [4.78, 5) is 3.99. The van der Waals surface area contributed by atoms with Crippen LogP contribution in [-0.4, -0.2) is 9.55 Å². The predicted molar refractivity (Wildman–Crippen MR) is 58.7 cm³/mol. The van der Waals surface area contributed by atoms with Crippen LogP contribution in [0.25, 0.3) is 11.4 Å². The summed E-state index contributed by atoms with van der Waals surface area (Å²) in [5, 5.41) is -0.310. The number of aromatic nitrogens is 2. The molecule has 1 aromatic carbocycles. The lowest BCUT2D eigenvalue weighted by Crippen LogP contribution is -2.06. The van der Waals surface area contributed by atoms with Gasteiger partial charge in [0.05, 0.1) is 10.6 Å². The Balaban J connectivity index is 2.56. The molecule has 2 nitrogen and oxygen atoms in total. The van der Waals surface area contributed by atoms with Gasteiger partial charge in [0.25, 0.3) is 0 Å². The molecule has 1 heterocycles. The quantitative estimate of drug-likeness (QED) is 0.763. The Hall–Kier alpha value is -1.49. The standard InChI is InChI=1S/C11H8ClF3N2/c1-17-5-4-16-10(17)7-2-3-9(12)8(6-7)11(13,14)15/h2-6H,1H3. The molecule has 0 radical (unpaired) electrons. The SMILES string of the molecule is Cn1ccnc1-c1ccc(Cl)c(C(F)(F)F)c1. The second-order valence-electron chi connectivity index (χ2n) is 3.55. The fourth-order valence-electron chi connectivity index (χ4n) is 1.53. The molecule has 2 rings (SSSR count). The molecule has 0 bridgehead atoms. The summed E-state index contributed by atoms with van der Waals surface area (Å²) in [7, 11) is 1.71. The zero-order valence-corrected chi connectivity index (χ0v) is 9.55. The third-order valence-corrected chi connectivity index (χ3v) is 2.68. The lowest BCUT2D eigenvalue weighted by atomic mass is 10.1. The number of rotatable bonds is 1. The summed E-state index contributed by atoms with van der Waals surface area (Å²) in [5.74, 6) is 0.465. The van der Waals surface area contributed by atoms with Crippen molar-refractivity contribution in [3.05, 3.63) is 41.2 Å². The molecule has 2 aromatic rings. The first-order valence-corrected chi connectivity index (χ1v) is 5.12. The highest BCUT2D eigenvalue weighted by Crippen LogP contribution is 2.36. The molecule has 0 saturated heterocycles. The molecule has 0 amide bonds. The van der Waals surface area contributed by atoms with E-state index in [1.807, 2.05) is 0 Å². The van der Waals surface area contributed by atoms with Gasteiger partial charge in [0.1, 0.15) is 5.82 Å². The van der Waals surface area contributed by atoms with E-state index < -0.39 is 11.7 Å². The number of alkyl halides is 3. The van der Waals surface area contributed by atoms with Crippen LogP contribution in [0.3, 0.4) is 0 Å². The third-order valence-electron chi connectivity index (χ3n) is 2.35. The van der Waals surface area contributed by atoms with Crippen molar-refractivity contribution in [2.24, 2.45) is 7.05 Å². The van der Waals surface area contributed by atoms with Gasteiger partial charge in [-0.2, -0.15) is 13.2 Å². The Morgan fingerprint density at radius 1 is 1.29 bits per heavy atom. The minimum absolute atomic E-state index is 0.310. The van der Waals surface area contributed by atoms with Gasteiger partial charge >= 0.3 is 6.18 Å². The van der Waals surface area contributed by atoms with Gasteiger partial charge in [0.2, 0.25) is 0 Å². The van der Waals surface area contributed by atoms with E-state index in [2.05, 4.69) is 4.98 Å². The van der Waals surface area contributed by atoms with Gasteiger partial charge in [-0.3, -0.25) is 0 Å². The fraction of sp³-hybridized carbons (Fsp3) is 0.182. The van der Waals surface area contributed by atoms with Crippen LogP contribution >= 0.6 is 11.6 Å². The summed E-state index contributed by atoms with van der Waals surface area (Å²) in [6.07, 6.45) is -1.27. The highest BCUT2D eigenvalue weighted by Gasteiger charge is 2.33. The average Bonchev–Trinajstić information content (AvgIpc) is 2.63. The van der Waals surface area contributed by atoms with Gasteiger partial charge in [-0.15, -0.1) is 0 Å². The molecule has 90 valence electrons. The van der Waals surface area contributed by atoms with Crippen molar-refractivity contribution in [3.63, 3.8) is 0 Å². The van der Waals surface area contributed by atoms with E-state index >= 15 is 0 Å². The van der Waals surface area contributed by atoms with Gasteiger partial charge in [-0.25, -0.2) is 4.98 Å². The topological polar surface area (TPSA) is 17.8 Å². The lowest BCUT2D eigenvalue weighted by Gasteiger charge is -2.10. The van der Waals surface area contributed by atoms with Crippen LogP contribution < -0.4 is 0 Å². The molecule has 0 atom stereocenters. The molecule has 1 aromatic heterocycles. The van der Waals surface area contributed by atoms with Gasteiger partial charge in [0, 0.05) is 25.0 Å². The molecule has 0 N–H and O–H groups in total. The minimum atomic E-state index is -4.46. The van der Waals surface area contributed by atoms with E-state index in [0.717, 1.165) is 6.07 Å². The van der Waals surface area contributed by atoms with Gasteiger partial charge < -0.3 is 4.57 Å². The number of imidazole rings is 1. The van der Waals surface area contributed by atoms with Crippen LogP contribution in [0.5, 0.6) is 0 Å². The molecule has 0 aliphatic carbocycles. The zero-order valence-electron chi connectivity index (χ0n) is 8.79. The molecular weight excluding hydrogens is 253 g/mol. The van der Waals surface area contributed by atoms with Crippen LogP contribution in [0.2, 0.25) is 5.02 Å². The van der Waals surface area contributed by atoms with Crippen molar-refractivity contribution in [1.29, 1.82) is 0 Å². The highest BCUT2D eigenvalue weighted by atomic mass is 35.5. The van der Waals surface area contributed by atoms with Crippen molar-refractivity contribution in [2.75, 3.05) is 0 Å². The Labute approximate surface area is 101 Å². The maximum Gasteiger partial charge on any atom is 0.417 e. The Bertz CT molecular complexity index is 546. The second kappa shape index (κ2) is 4.07. The normalized spacial score (nSPS) is 11.8. The molecule has 0 fully saturated rings. The van der Waals surface area contributed by atoms with Crippen LogP contribution in [0.4, 0.5) is 13.2 Å². The molecular formula is C11H8ClF3N2. The summed E-state index contributed by atoms with van der Waals surface area (Å²) in [5.41, 5.74) is -0.464. The Morgan fingerprint density at radius 3 is 2.53 bits per heavy atom. The van der Waals surface area contributed by atoms with E-state index in [1.54, 1.807) is 17.8 Å². The smallest absolute Gasteiger partial charge is 0.334 e. The van der Waals surface area contributed by atoms with Crippen LogP contribution in [-0.2, 0) is 13.2 Å². The first-order valence-electron chi connectivity index (χ1n) is 4.74. The lowest BCUT2D eigenvalue weighted by molar-refractivity contribution is -0.137. The van der Waals surface area contributed by atoms with Gasteiger partial charge in [0.15, 0.2) is 0 Å². The largest absolute Gasteiger partial charge is 0.417 e. The number of aryl methyl sites for hydroxylation is 1. The number of hydrogen-bond acceptors (Lipinski definition) is 1. The molecule has 0 aliphatic heterocycles. The molecule has 6 heteroatoms. The number of benzene rings is 1. The number of nitrogens with zero attached hydrogens (tertiary/aromatic N) is 2. The Kier molecular flexibility index (Phi) is 2.87. The summed E-state index contributed by atoms with van der Waals surface area (Å²) < 4.78 is 39.6. The van der Waals surface area contributed by atoms with Gasteiger partial charge in [-0.1, -0.05) is 11.6 Å². The van der Waals surface area contributed by atoms with Crippen LogP contribution in [0.15, 0.2) is 30.6 Å². The van der Waals surface area contributed by atoms with Gasteiger partial charge in [-0.05, 0) is 18.2 Å². The van der Waals surface area contributed by atoms with E-state index in [-0.39, 0.29) is 5.02 Å². The van der Waals surface area contributed by atoms with Crippen LogP contribution in [0.1, 0.15) is 5.56 Å². The Morgan fingerprint density at radius 2 is 2.00 bits per heavy atom. The zero-order chi connectivity index (χ0) is 12.6. The van der Waals surface area contributed by atoms with E-state index in [1.165, 1.54) is 18.3 Å². The molecule has 0 unspecified atom stereocenters. The van der Waals surface area contributed by atoms with Crippen molar-refractivity contribution in [2.45, 2.75) is 6.18 Å². The highest BCUT2D eigenvalue weighted by molar-refractivity contribution is 6.31. The average molecular weight is 261 g/mol. The van der Waals surface area contributed by atoms with Crippen molar-refractivity contribution in [3.8, 4) is 11.4 Å². The molecule has 0 aliphatic rings. The molecule has 0 saturated carbocycles. The number of halogens is 4. The minimum Gasteiger partial charge on any atom is -0.334 e. The molecule has 17 heavy (non-hydrogen) atoms. The first-order chi connectivity index (χ1) is 7.89. The van der Waals surface area contributed by atoms with E-state index in [0.29, 0.717) is 11.4 Å². The fourth-order valence-corrected chi connectivity index (χ4v) is 1.75. The van der Waals surface area contributed by atoms with Crippen molar-refractivity contribution >= 4 is 11.6 Å². The number of hydrogen-bond donors (Lipinski definition) is 0. The van der Waals surface area contributed by atoms with E-state index in [4.69, 9.17) is 11.6 Å². The summed E-state index contributed by atoms with van der Waals surface area (Å²) >= 11 is 5.53. The maximum atomic E-state index is 12.7. The van der Waals surface area contributed by atoms with E-state index in [9.17, 15) is 13.2 Å². The van der Waals surface area contributed by atoms with Crippen molar-refractivity contribution in [1.82, 2.24) is 9.55 Å².